The number of carbonyl (C=O) groups excluding carboxylic acids is 1. The van der Waals surface area contributed by atoms with Crippen molar-refractivity contribution in [3.63, 3.8) is 0 Å². The van der Waals surface area contributed by atoms with Crippen LogP contribution in [0.15, 0.2) is 42.5 Å². The smallest absolute Gasteiger partial charge is 0.276 e. The van der Waals surface area contributed by atoms with Gasteiger partial charge in [0.15, 0.2) is 23.0 Å². The molecule has 0 aliphatic heterocycles. The van der Waals surface area contributed by atoms with Crippen molar-refractivity contribution >= 4 is 11.6 Å². The first-order chi connectivity index (χ1) is 13.5. The highest BCUT2D eigenvalue weighted by molar-refractivity contribution is 6.03. The van der Waals surface area contributed by atoms with Gasteiger partial charge in [0, 0.05) is 17.8 Å². The molecule has 28 heavy (non-hydrogen) atoms. The van der Waals surface area contributed by atoms with Crippen LogP contribution in [-0.2, 0) is 0 Å². The summed E-state index contributed by atoms with van der Waals surface area (Å²) in [6.07, 6.45) is 0. The molecule has 1 amide bonds. The first-order valence-corrected chi connectivity index (χ1v) is 8.40. The highest BCUT2D eigenvalue weighted by Gasteiger charge is 2.17. The zero-order valence-electron chi connectivity index (χ0n) is 15.9. The van der Waals surface area contributed by atoms with E-state index in [9.17, 15) is 9.18 Å². The summed E-state index contributed by atoms with van der Waals surface area (Å²) >= 11 is 0. The molecule has 0 radical (unpaired) electrons. The average Bonchev–Trinajstić information content (AvgIpc) is 3.11. The van der Waals surface area contributed by atoms with Crippen LogP contribution in [0.25, 0.3) is 5.69 Å². The van der Waals surface area contributed by atoms with Gasteiger partial charge in [0.1, 0.15) is 5.75 Å². The number of nitrogens with one attached hydrogen (secondary N) is 1. The Balaban J connectivity index is 1.86. The Bertz CT molecular complexity index is 999. The molecule has 3 rings (SSSR count). The molecule has 0 spiro atoms. The first kappa shape index (κ1) is 19.2. The number of hydrogen-bond acceptors (Lipinski definition) is 5. The molecule has 0 aliphatic rings. The summed E-state index contributed by atoms with van der Waals surface area (Å²) in [6, 6.07) is 11.4. The van der Waals surface area contributed by atoms with Crippen molar-refractivity contribution in [1.82, 2.24) is 9.78 Å². The fourth-order valence-corrected chi connectivity index (χ4v) is 2.71. The number of ether oxygens (including phenoxy) is 3. The summed E-state index contributed by atoms with van der Waals surface area (Å²) in [4.78, 5) is 12.6. The topological polar surface area (TPSA) is 74.6 Å². The lowest BCUT2D eigenvalue weighted by molar-refractivity contribution is 0.102. The van der Waals surface area contributed by atoms with Gasteiger partial charge < -0.3 is 19.5 Å². The van der Waals surface area contributed by atoms with Gasteiger partial charge in [-0.2, -0.15) is 5.10 Å². The van der Waals surface area contributed by atoms with Crippen LogP contribution in [0.4, 0.5) is 10.1 Å². The number of hydrogen-bond donors (Lipinski definition) is 1. The lowest BCUT2D eigenvalue weighted by Crippen LogP contribution is -2.14. The number of aryl methyl sites for hydroxylation is 1. The molecule has 8 heteroatoms. The van der Waals surface area contributed by atoms with Crippen LogP contribution < -0.4 is 19.5 Å². The molecule has 2 aromatic carbocycles. The van der Waals surface area contributed by atoms with E-state index >= 15 is 0 Å². The average molecular weight is 385 g/mol. The standard InChI is InChI=1S/C20H20FN3O4/c1-12-9-17(23-24(12)13-5-7-14(26-2)8-6-13)20(25)22-16-11-19(28-4)18(27-3)10-15(16)21/h5-11H,1-4H3,(H,22,25). The van der Waals surface area contributed by atoms with Gasteiger partial charge in [0.2, 0.25) is 0 Å². The summed E-state index contributed by atoms with van der Waals surface area (Å²) in [5.74, 6) is 0.0750. The SMILES string of the molecule is COc1ccc(-n2nc(C(=O)Nc3cc(OC)c(OC)cc3F)cc2C)cc1. The molecule has 0 aliphatic carbocycles. The van der Waals surface area contributed by atoms with Gasteiger partial charge in [0.25, 0.3) is 5.91 Å². The molecule has 3 aromatic rings. The van der Waals surface area contributed by atoms with Gasteiger partial charge >= 0.3 is 0 Å². The molecular weight excluding hydrogens is 365 g/mol. The molecule has 0 bridgehead atoms. The van der Waals surface area contributed by atoms with Gasteiger partial charge in [-0.25, -0.2) is 9.07 Å². The zero-order valence-corrected chi connectivity index (χ0v) is 15.9. The summed E-state index contributed by atoms with van der Waals surface area (Å²) in [5, 5.41) is 6.84. The van der Waals surface area contributed by atoms with E-state index in [1.165, 1.54) is 20.3 Å². The van der Waals surface area contributed by atoms with E-state index in [0.29, 0.717) is 5.75 Å². The third-order valence-corrected chi connectivity index (χ3v) is 4.16. The van der Waals surface area contributed by atoms with Crippen molar-refractivity contribution in [1.29, 1.82) is 0 Å². The second kappa shape index (κ2) is 7.99. The summed E-state index contributed by atoms with van der Waals surface area (Å²) in [6.45, 7) is 1.82. The molecule has 0 fully saturated rings. The normalized spacial score (nSPS) is 10.5. The molecule has 0 atom stereocenters. The lowest BCUT2D eigenvalue weighted by atomic mass is 10.2. The van der Waals surface area contributed by atoms with Crippen LogP contribution in [0.5, 0.6) is 17.2 Å². The predicted octanol–water partition coefficient (Wildman–Crippen LogP) is 3.60. The molecule has 146 valence electrons. The number of rotatable bonds is 6. The third kappa shape index (κ3) is 3.75. The Morgan fingerprint density at radius 3 is 2.25 bits per heavy atom. The number of methoxy groups -OCH3 is 3. The molecule has 1 aromatic heterocycles. The summed E-state index contributed by atoms with van der Waals surface area (Å²) < 4.78 is 31.2. The van der Waals surface area contributed by atoms with E-state index in [-0.39, 0.29) is 17.1 Å². The van der Waals surface area contributed by atoms with Crippen LogP contribution in [0.3, 0.4) is 0 Å². The van der Waals surface area contributed by atoms with Gasteiger partial charge in [-0.15, -0.1) is 0 Å². The van der Waals surface area contributed by atoms with Crippen LogP contribution in [0, 0.1) is 12.7 Å². The molecule has 0 saturated carbocycles. The number of aromatic nitrogens is 2. The monoisotopic (exact) mass is 385 g/mol. The van der Waals surface area contributed by atoms with Crippen molar-refractivity contribution in [2.75, 3.05) is 26.6 Å². The Hall–Kier alpha value is -3.55. The fourth-order valence-electron chi connectivity index (χ4n) is 2.71. The largest absolute Gasteiger partial charge is 0.497 e. The minimum Gasteiger partial charge on any atom is -0.497 e. The molecule has 1 N–H and O–H groups in total. The van der Waals surface area contributed by atoms with Crippen molar-refractivity contribution in [3.8, 4) is 22.9 Å². The number of carbonyl (C=O) groups is 1. The summed E-state index contributed by atoms with van der Waals surface area (Å²) in [7, 11) is 4.43. The molecular formula is C20H20FN3O4. The van der Waals surface area contributed by atoms with Crippen molar-refractivity contribution in [2.45, 2.75) is 6.92 Å². The molecule has 0 saturated heterocycles. The number of halogens is 1. The van der Waals surface area contributed by atoms with Crippen LogP contribution in [-0.4, -0.2) is 37.0 Å². The Kier molecular flexibility index (Phi) is 5.49. The minimum atomic E-state index is -0.641. The molecule has 7 nitrogen and oxygen atoms in total. The Labute approximate surface area is 161 Å². The molecule has 1 heterocycles. The Morgan fingerprint density at radius 2 is 1.64 bits per heavy atom. The van der Waals surface area contributed by atoms with Gasteiger partial charge in [-0.1, -0.05) is 0 Å². The van der Waals surface area contributed by atoms with E-state index in [0.717, 1.165) is 23.2 Å². The van der Waals surface area contributed by atoms with E-state index in [2.05, 4.69) is 10.4 Å². The second-order valence-corrected chi connectivity index (χ2v) is 5.92. The van der Waals surface area contributed by atoms with Crippen LogP contribution in [0.2, 0.25) is 0 Å². The van der Waals surface area contributed by atoms with E-state index in [1.54, 1.807) is 30.0 Å². The number of benzene rings is 2. The maximum absolute atomic E-state index is 14.3. The highest BCUT2D eigenvalue weighted by Crippen LogP contribution is 2.32. The minimum absolute atomic E-state index is 0.0284. The molecule has 0 unspecified atom stereocenters. The number of amides is 1. The second-order valence-electron chi connectivity index (χ2n) is 5.92. The van der Waals surface area contributed by atoms with Gasteiger partial charge in [-0.3, -0.25) is 4.79 Å². The Morgan fingerprint density at radius 1 is 1.00 bits per heavy atom. The third-order valence-electron chi connectivity index (χ3n) is 4.16. The predicted molar refractivity (Wildman–Crippen MR) is 102 cm³/mol. The summed E-state index contributed by atoms with van der Waals surface area (Å²) in [5.41, 5.74) is 1.65. The van der Waals surface area contributed by atoms with Crippen molar-refractivity contribution in [2.24, 2.45) is 0 Å². The zero-order chi connectivity index (χ0) is 20.3. The van der Waals surface area contributed by atoms with Gasteiger partial charge in [0.05, 0.1) is 32.7 Å². The number of anilines is 1. The van der Waals surface area contributed by atoms with Crippen molar-refractivity contribution in [3.05, 3.63) is 59.7 Å². The van der Waals surface area contributed by atoms with Gasteiger partial charge in [-0.05, 0) is 37.3 Å². The lowest BCUT2D eigenvalue weighted by Gasteiger charge is -2.11. The number of nitrogens with zero attached hydrogens (tertiary/aromatic N) is 2. The first-order valence-electron chi connectivity index (χ1n) is 8.40. The maximum Gasteiger partial charge on any atom is 0.276 e. The van der Waals surface area contributed by atoms with Crippen LogP contribution >= 0.6 is 0 Å². The van der Waals surface area contributed by atoms with Crippen LogP contribution in [0.1, 0.15) is 16.2 Å². The van der Waals surface area contributed by atoms with E-state index in [1.807, 2.05) is 19.1 Å². The quantitative estimate of drug-likeness (QED) is 0.702. The van der Waals surface area contributed by atoms with E-state index < -0.39 is 11.7 Å². The highest BCUT2D eigenvalue weighted by atomic mass is 19.1. The van der Waals surface area contributed by atoms with E-state index in [4.69, 9.17) is 14.2 Å². The van der Waals surface area contributed by atoms with Crippen molar-refractivity contribution < 1.29 is 23.4 Å². The fraction of sp³-hybridized carbons (Fsp3) is 0.200. The maximum atomic E-state index is 14.3.